The summed E-state index contributed by atoms with van der Waals surface area (Å²) in [5, 5.41) is 9.34. The third-order valence-electron chi connectivity index (χ3n) is 1.60. The van der Waals surface area contributed by atoms with Crippen molar-refractivity contribution in [3.63, 3.8) is 0 Å². The molecule has 0 spiro atoms. The summed E-state index contributed by atoms with van der Waals surface area (Å²) in [4.78, 5) is 1.12. The van der Waals surface area contributed by atoms with E-state index < -0.39 is 0 Å². The minimum atomic E-state index is 0.483. The molecule has 0 saturated carbocycles. The molecule has 0 fully saturated rings. The molecule has 6 heteroatoms. The molecule has 0 unspecified atom stereocenters. The summed E-state index contributed by atoms with van der Waals surface area (Å²) in [5.41, 5.74) is 0. The Bertz CT molecular complexity index is 459. The maximum Gasteiger partial charge on any atom is 0.207 e. The third kappa shape index (κ3) is 3.34. The van der Waals surface area contributed by atoms with Crippen LogP contribution >= 0.6 is 46.3 Å². The maximum atomic E-state index is 5.87. The molecule has 0 N–H and O–H groups in total. The normalized spacial score (nSPS) is 10.5. The van der Waals surface area contributed by atoms with Gasteiger partial charge in [-0.25, -0.2) is 0 Å². The molecule has 0 aliphatic carbocycles. The average molecular weight is 277 g/mol. The fourth-order valence-electron chi connectivity index (χ4n) is 0.993. The van der Waals surface area contributed by atoms with Gasteiger partial charge in [0.05, 0.1) is 5.75 Å². The number of halogens is 2. The minimum Gasteiger partial charge on any atom is -0.141 e. The van der Waals surface area contributed by atoms with Crippen molar-refractivity contribution < 1.29 is 0 Å². The standard InChI is InChI=1S/C9H6Cl2N2S2/c10-6-2-1-3-7(4-6)14-5-8-12-13-9(11)15-8/h1-4H,5H2. The van der Waals surface area contributed by atoms with Crippen molar-refractivity contribution in [1.82, 2.24) is 10.2 Å². The second kappa shape index (κ2) is 5.16. The highest BCUT2D eigenvalue weighted by Gasteiger charge is 2.02. The predicted octanol–water partition coefficient (Wildman–Crippen LogP) is 4.14. The summed E-state index contributed by atoms with van der Waals surface area (Å²) in [6, 6.07) is 7.72. The van der Waals surface area contributed by atoms with Gasteiger partial charge in [-0.15, -0.1) is 22.0 Å². The molecular weight excluding hydrogens is 271 g/mol. The van der Waals surface area contributed by atoms with Gasteiger partial charge in [0.25, 0.3) is 0 Å². The second-order valence-corrected chi connectivity index (χ2v) is 5.82. The highest BCUT2D eigenvalue weighted by Crippen LogP contribution is 2.27. The monoisotopic (exact) mass is 276 g/mol. The van der Waals surface area contributed by atoms with Crippen LogP contribution in [0, 0.1) is 0 Å². The van der Waals surface area contributed by atoms with Crippen LogP contribution in [0.1, 0.15) is 5.01 Å². The van der Waals surface area contributed by atoms with E-state index in [-0.39, 0.29) is 0 Å². The van der Waals surface area contributed by atoms with E-state index in [1.165, 1.54) is 11.3 Å². The SMILES string of the molecule is Clc1cccc(SCc2nnc(Cl)s2)c1. The van der Waals surface area contributed by atoms with Gasteiger partial charge in [0.1, 0.15) is 5.01 Å². The number of hydrogen-bond acceptors (Lipinski definition) is 4. The van der Waals surface area contributed by atoms with Crippen molar-refractivity contribution in [3.05, 3.63) is 38.8 Å². The summed E-state index contributed by atoms with van der Waals surface area (Å²) >= 11 is 14.6. The summed E-state index contributed by atoms with van der Waals surface area (Å²) in [6.45, 7) is 0. The molecule has 0 saturated heterocycles. The van der Waals surface area contributed by atoms with E-state index in [2.05, 4.69) is 10.2 Å². The van der Waals surface area contributed by atoms with Crippen LogP contribution < -0.4 is 0 Å². The Balaban J connectivity index is 1.99. The predicted molar refractivity (Wildman–Crippen MR) is 65.9 cm³/mol. The summed E-state index contributed by atoms with van der Waals surface area (Å²) in [6.07, 6.45) is 0. The molecule has 0 bridgehead atoms. The van der Waals surface area contributed by atoms with E-state index in [0.717, 1.165) is 20.7 Å². The van der Waals surface area contributed by atoms with Gasteiger partial charge in [0.15, 0.2) is 0 Å². The number of hydrogen-bond donors (Lipinski definition) is 0. The zero-order valence-corrected chi connectivity index (χ0v) is 10.6. The topological polar surface area (TPSA) is 25.8 Å². The summed E-state index contributed by atoms with van der Waals surface area (Å²) in [5.74, 6) is 0.769. The van der Waals surface area contributed by atoms with Crippen molar-refractivity contribution in [3.8, 4) is 0 Å². The Hall–Kier alpha value is -0.290. The zero-order chi connectivity index (χ0) is 10.7. The molecule has 0 radical (unpaired) electrons. The van der Waals surface area contributed by atoms with E-state index in [1.807, 2.05) is 24.3 Å². The van der Waals surface area contributed by atoms with Crippen molar-refractivity contribution in [2.45, 2.75) is 10.6 Å². The summed E-state index contributed by atoms with van der Waals surface area (Å²) < 4.78 is 0.483. The van der Waals surface area contributed by atoms with Gasteiger partial charge in [0, 0.05) is 9.92 Å². The first-order valence-corrected chi connectivity index (χ1v) is 6.66. The Morgan fingerprint density at radius 3 is 2.80 bits per heavy atom. The number of rotatable bonds is 3. The second-order valence-electron chi connectivity index (χ2n) is 2.69. The van der Waals surface area contributed by atoms with Gasteiger partial charge in [0.2, 0.25) is 4.47 Å². The van der Waals surface area contributed by atoms with Gasteiger partial charge in [-0.3, -0.25) is 0 Å². The largest absolute Gasteiger partial charge is 0.207 e. The third-order valence-corrected chi connectivity index (χ3v) is 4.04. The molecule has 15 heavy (non-hydrogen) atoms. The van der Waals surface area contributed by atoms with E-state index in [0.29, 0.717) is 4.47 Å². The van der Waals surface area contributed by atoms with Gasteiger partial charge >= 0.3 is 0 Å². The first kappa shape index (κ1) is 11.2. The van der Waals surface area contributed by atoms with Gasteiger partial charge in [-0.1, -0.05) is 29.0 Å². The van der Waals surface area contributed by atoms with Crippen LogP contribution in [0.3, 0.4) is 0 Å². The molecule has 0 aliphatic heterocycles. The molecule has 2 aromatic rings. The smallest absolute Gasteiger partial charge is 0.141 e. The van der Waals surface area contributed by atoms with E-state index in [1.54, 1.807) is 11.8 Å². The van der Waals surface area contributed by atoms with Crippen molar-refractivity contribution in [2.24, 2.45) is 0 Å². The molecular formula is C9H6Cl2N2S2. The maximum absolute atomic E-state index is 5.87. The lowest BCUT2D eigenvalue weighted by molar-refractivity contribution is 1.04. The Kier molecular flexibility index (Phi) is 3.86. The fraction of sp³-hybridized carbons (Fsp3) is 0.111. The molecule has 1 heterocycles. The molecule has 78 valence electrons. The van der Waals surface area contributed by atoms with Crippen LogP contribution in [-0.2, 0) is 5.75 Å². The number of nitrogens with zero attached hydrogens (tertiary/aromatic N) is 2. The average Bonchev–Trinajstić information content (AvgIpc) is 2.62. The molecule has 1 aromatic carbocycles. The molecule has 2 nitrogen and oxygen atoms in total. The fourth-order valence-corrected chi connectivity index (χ4v) is 3.06. The van der Waals surface area contributed by atoms with Crippen molar-refractivity contribution in [1.29, 1.82) is 0 Å². The van der Waals surface area contributed by atoms with Crippen molar-refractivity contribution >= 4 is 46.3 Å². The number of aromatic nitrogens is 2. The quantitative estimate of drug-likeness (QED) is 0.789. The lowest BCUT2D eigenvalue weighted by atomic mass is 10.4. The van der Waals surface area contributed by atoms with Gasteiger partial charge < -0.3 is 0 Å². The van der Waals surface area contributed by atoms with E-state index in [9.17, 15) is 0 Å². The van der Waals surface area contributed by atoms with Crippen LogP contribution in [-0.4, -0.2) is 10.2 Å². The van der Waals surface area contributed by atoms with Crippen LogP contribution in [0.25, 0.3) is 0 Å². The van der Waals surface area contributed by atoms with Gasteiger partial charge in [-0.2, -0.15) is 0 Å². The number of thioether (sulfide) groups is 1. The first-order chi connectivity index (χ1) is 7.24. The first-order valence-electron chi connectivity index (χ1n) is 4.10. The van der Waals surface area contributed by atoms with Crippen LogP contribution in [0.4, 0.5) is 0 Å². The van der Waals surface area contributed by atoms with Crippen LogP contribution in [0.15, 0.2) is 29.2 Å². The zero-order valence-electron chi connectivity index (χ0n) is 7.48. The van der Waals surface area contributed by atoms with Gasteiger partial charge in [-0.05, 0) is 29.8 Å². The Labute approximate surface area is 106 Å². The molecule has 1 aromatic heterocycles. The molecule has 0 aliphatic rings. The lowest BCUT2D eigenvalue weighted by Gasteiger charge is -1.98. The minimum absolute atomic E-state index is 0.483. The summed E-state index contributed by atoms with van der Waals surface area (Å²) in [7, 11) is 0. The van der Waals surface area contributed by atoms with Crippen molar-refractivity contribution in [2.75, 3.05) is 0 Å². The van der Waals surface area contributed by atoms with Crippen LogP contribution in [0.5, 0.6) is 0 Å². The molecule has 0 amide bonds. The number of benzene rings is 1. The lowest BCUT2D eigenvalue weighted by Crippen LogP contribution is -1.79. The Morgan fingerprint density at radius 2 is 2.13 bits per heavy atom. The highest BCUT2D eigenvalue weighted by atomic mass is 35.5. The highest BCUT2D eigenvalue weighted by molar-refractivity contribution is 7.98. The van der Waals surface area contributed by atoms with E-state index in [4.69, 9.17) is 23.2 Å². The van der Waals surface area contributed by atoms with E-state index >= 15 is 0 Å². The Morgan fingerprint density at radius 1 is 1.27 bits per heavy atom. The van der Waals surface area contributed by atoms with Crippen LogP contribution in [0.2, 0.25) is 9.49 Å². The molecule has 2 rings (SSSR count). The molecule has 0 atom stereocenters.